The van der Waals surface area contributed by atoms with Gasteiger partial charge in [-0.15, -0.1) is 0 Å². The number of fused-ring (bicyclic) bond motifs is 1. The molecular weight excluding hydrogens is 345 g/mol. The minimum atomic E-state index is -0.862. The second kappa shape index (κ2) is 9.73. The van der Waals surface area contributed by atoms with Crippen molar-refractivity contribution in [1.29, 1.82) is 0 Å². The van der Waals surface area contributed by atoms with Crippen LogP contribution in [0.15, 0.2) is 18.2 Å². The molecule has 0 aromatic heterocycles. The normalized spacial score (nSPS) is 17.7. The second-order valence-corrected chi connectivity index (χ2v) is 6.75. The minimum Gasteiger partial charge on any atom is -0.351 e. The van der Waals surface area contributed by atoms with E-state index >= 15 is 0 Å². The van der Waals surface area contributed by atoms with Crippen LogP contribution in [-0.2, 0) is 9.59 Å². The van der Waals surface area contributed by atoms with Gasteiger partial charge in [0, 0.05) is 18.8 Å². The van der Waals surface area contributed by atoms with Crippen molar-refractivity contribution in [3.8, 4) is 0 Å². The van der Waals surface area contributed by atoms with Crippen LogP contribution in [0.25, 0.3) is 0 Å². The van der Waals surface area contributed by atoms with Gasteiger partial charge in [0.15, 0.2) is 0 Å². The molecule has 1 aromatic carbocycles. The summed E-state index contributed by atoms with van der Waals surface area (Å²) in [6, 6.07) is 4.70. The molecule has 0 unspecified atom stereocenters. The van der Waals surface area contributed by atoms with Gasteiger partial charge in [-0.2, -0.15) is 0 Å². The number of amides is 2. The smallest absolute Gasteiger partial charge is 0.313 e. The fraction of sp³-hybridized carbons (Fsp3) is 0.556. The highest BCUT2D eigenvalue weighted by molar-refractivity contribution is 6.39. The highest BCUT2D eigenvalue weighted by Gasteiger charge is 2.24. The third kappa shape index (κ3) is 5.97. The van der Waals surface area contributed by atoms with Crippen molar-refractivity contribution >= 4 is 29.1 Å². The zero-order valence-electron chi connectivity index (χ0n) is 14.5. The summed E-state index contributed by atoms with van der Waals surface area (Å²) >= 11 is 5.44. The molecule has 2 fully saturated rings. The number of likely N-dealkylation sites (N-methyl/N-ethyl adjacent to an activating group) is 1. The van der Waals surface area contributed by atoms with Gasteiger partial charge in [0.1, 0.15) is 5.82 Å². The van der Waals surface area contributed by atoms with Gasteiger partial charge in [0.25, 0.3) is 0 Å². The van der Waals surface area contributed by atoms with Gasteiger partial charge in [-0.05, 0) is 57.0 Å². The molecule has 0 saturated carbocycles. The quantitative estimate of drug-likeness (QED) is 0.747. The molecule has 0 atom stereocenters. The predicted molar refractivity (Wildman–Crippen MR) is 97.2 cm³/mol. The van der Waals surface area contributed by atoms with Crippen LogP contribution in [0, 0.1) is 5.82 Å². The van der Waals surface area contributed by atoms with E-state index in [2.05, 4.69) is 15.5 Å². The van der Waals surface area contributed by atoms with Crippen LogP contribution < -0.4 is 10.6 Å². The molecule has 0 radical (unpaired) electrons. The lowest BCUT2D eigenvalue weighted by Gasteiger charge is -2.39. The number of piperidine rings is 2. The first-order valence-corrected chi connectivity index (χ1v) is 9.11. The molecular formula is C18H25ClFN3O2. The SMILES string of the molecule is C1CCN2CCCCC2C1.CNC(=O)C(=O)Nc1ccc(Cl)c(F)c1. The van der Waals surface area contributed by atoms with Crippen LogP contribution in [0.4, 0.5) is 10.1 Å². The Morgan fingerprint density at radius 1 is 1.12 bits per heavy atom. The third-order valence-electron chi connectivity index (χ3n) is 4.59. The van der Waals surface area contributed by atoms with E-state index < -0.39 is 17.6 Å². The molecule has 2 aliphatic rings. The van der Waals surface area contributed by atoms with Gasteiger partial charge < -0.3 is 15.5 Å². The molecule has 5 nitrogen and oxygen atoms in total. The summed E-state index contributed by atoms with van der Waals surface area (Å²) in [5.74, 6) is -2.32. The van der Waals surface area contributed by atoms with E-state index in [1.54, 1.807) is 0 Å². The van der Waals surface area contributed by atoms with Crippen LogP contribution in [0.3, 0.4) is 0 Å². The van der Waals surface area contributed by atoms with Crippen LogP contribution in [0.2, 0.25) is 5.02 Å². The van der Waals surface area contributed by atoms with Crippen molar-refractivity contribution in [1.82, 2.24) is 10.2 Å². The predicted octanol–water partition coefficient (Wildman–Crippen LogP) is 3.19. The molecule has 0 aliphatic carbocycles. The van der Waals surface area contributed by atoms with Gasteiger partial charge in [0.05, 0.1) is 5.02 Å². The van der Waals surface area contributed by atoms with E-state index in [1.807, 2.05) is 0 Å². The zero-order valence-corrected chi connectivity index (χ0v) is 15.2. The molecule has 138 valence electrons. The van der Waals surface area contributed by atoms with Crippen LogP contribution >= 0.6 is 11.6 Å². The first kappa shape index (κ1) is 19.7. The van der Waals surface area contributed by atoms with Gasteiger partial charge in [-0.3, -0.25) is 9.59 Å². The van der Waals surface area contributed by atoms with Crippen molar-refractivity contribution in [2.24, 2.45) is 0 Å². The van der Waals surface area contributed by atoms with Gasteiger partial charge in [-0.1, -0.05) is 24.4 Å². The van der Waals surface area contributed by atoms with Gasteiger partial charge >= 0.3 is 11.8 Å². The number of nitrogens with zero attached hydrogens (tertiary/aromatic N) is 1. The fourth-order valence-corrected chi connectivity index (χ4v) is 3.37. The molecule has 0 bridgehead atoms. The van der Waals surface area contributed by atoms with E-state index in [0.717, 1.165) is 12.1 Å². The minimum absolute atomic E-state index is 0.0482. The molecule has 2 N–H and O–H groups in total. The van der Waals surface area contributed by atoms with Gasteiger partial charge in [-0.25, -0.2) is 4.39 Å². The Balaban J connectivity index is 0.000000194. The summed E-state index contributed by atoms with van der Waals surface area (Å²) in [4.78, 5) is 24.6. The molecule has 0 spiro atoms. The lowest BCUT2D eigenvalue weighted by molar-refractivity contribution is -0.135. The number of carbonyl (C=O) groups excluding carboxylic acids is 2. The van der Waals surface area contributed by atoms with Crippen molar-refractivity contribution in [3.05, 3.63) is 29.0 Å². The lowest BCUT2D eigenvalue weighted by Crippen LogP contribution is -2.42. The van der Waals surface area contributed by atoms with Crippen LogP contribution in [0.5, 0.6) is 0 Å². The zero-order chi connectivity index (χ0) is 18.2. The summed E-state index contributed by atoms with van der Waals surface area (Å²) in [6.45, 7) is 2.79. The summed E-state index contributed by atoms with van der Waals surface area (Å²) in [7, 11) is 1.32. The standard InChI is InChI=1S/C9H8ClFN2O2.C9H17N/c1-12-8(14)9(15)13-5-2-3-6(10)7(11)4-5;1-3-7-10-8-4-2-6-9(10)5-1/h2-4H,1H3,(H,12,14)(H,13,15);9H,1-8H2. The number of hydrogen-bond donors (Lipinski definition) is 2. The fourth-order valence-electron chi connectivity index (χ4n) is 3.25. The molecule has 2 saturated heterocycles. The molecule has 2 heterocycles. The molecule has 2 aliphatic heterocycles. The Hall–Kier alpha value is -1.66. The Morgan fingerprint density at radius 2 is 1.76 bits per heavy atom. The summed E-state index contributed by atoms with van der Waals surface area (Å²) in [5, 5.41) is 4.30. The number of benzene rings is 1. The molecule has 3 rings (SSSR count). The molecule has 7 heteroatoms. The number of carbonyl (C=O) groups is 2. The van der Waals surface area contributed by atoms with Crippen molar-refractivity contribution in [3.63, 3.8) is 0 Å². The van der Waals surface area contributed by atoms with E-state index in [0.29, 0.717) is 0 Å². The Morgan fingerprint density at radius 3 is 2.28 bits per heavy atom. The Kier molecular flexibility index (Phi) is 7.65. The third-order valence-corrected chi connectivity index (χ3v) is 4.90. The van der Waals surface area contributed by atoms with E-state index in [1.165, 1.54) is 70.8 Å². The average molecular weight is 370 g/mol. The maximum Gasteiger partial charge on any atom is 0.313 e. The van der Waals surface area contributed by atoms with Crippen LogP contribution in [0.1, 0.15) is 38.5 Å². The second-order valence-electron chi connectivity index (χ2n) is 6.34. The maximum atomic E-state index is 12.9. The van der Waals surface area contributed by atoms with E-state index in [4.69, 9.17) is 11.6 Å². The van der Waals surface area contributed by atoms with E-state index in [9.17, 15) is 14.0 Å². The monoisotopic (exact) mass is 369 g/mol. The Labute approximate surface area is 152 Å². The Bertz CT molecular complexity index is 586. The maximum absolute atomic E-state index is 12.9. The molecule has 1 aromatic rings. The topological polar surface area (TPSA) is 61.4 Å². The number of nitrogens with one attached hydrogen (secondary N) is 2. The largest absolute Gasteiger partial charge is 0.351 e. The van der Waals surface area contributed by atoms with Crippen molar-refractivity contribution < 1.29 is 14.0 Å². The number of halogens is 2. The number of anilines is 1. The lowest BCUT2D eigenvalue weighted by atomic mass is 9.93. The summed E-state index contributed by atoms with van der Waals surface area (Å²) in [6.07, 6.45) is 8.86. The first-order valence-electron chi connectivity index (χ1n) is 8.73. The highest BCUT2D eigenvalue weighted by Crippen LogP contribution is 2.25. The average Bonchev–Trinajstić information content (AvgIpc) is 2.64. The van der Waals surface area contributed by atoms with E-state index in [-0.39, 0.29) is 10.7 Å². The highest BCUT2D eigenvalue weighted by atomic mass is 35.5. The summed E-state index contributed by atoms with van der Waals surface area (Å²) in [5.41, 5.74) is 0.172. The van der Waals surface area contributed by atoms with Crippen molar-refractivity contribution in [2.45, 2.75) is 44.6 Å². The molecule has 2 amide bonds. The van der Waals surface area contributed by atoms with Gasteiger partial charge in [0.2, 0.25) is 0 Å². The molecule has 25 heavy (non-hydrogen) atoms. The first-order chi connectivity index (χ1) is 12.0. The van der Waals surface area contributed by atoms with Crippen molar-refractivity contribution in [2.75, 3.05) is 25.5 Å². The number of rotatable bonds is 1. The number of hydrogen-bond acceptors (Lipinski definition) is 3. The van der Waals surface area contributed by atoms with Crippen LogP contribution in [-0.4, -0.2) is 42.9 Å². The summed E-state index contributed by atoms with van der Waals surface area (Å²) < 4.78 is 12.9.